The van der Waals surface area contributed by atoms with E-state index in [4.69, 9.17) is 0 Å². The molecule has 13 nitrogen and oxygen atoms in total. The van der Waals surface area contributed by atoms with E-state index in [1.807, 2.05) is 17.0 Å². The van der Waals surface area contributed by atoms with Gasteiger partial charge in [-0.3, -0.25) is 24.5 Å². The molecule has 1 atom stereocenters. The molecule has 0 saturated carbocycles. The van der Waals surface area contributed by atoms with Crippen LogP contribution in [0.1, 0.15) is 39.3 Å². The van der Waals surface area contributed by atoms with Gasteiger partial charge in [-0.2, -0.15) is 5.10 Å². The van der Waals surface area contributed by atoms with E-state index < -0.39 is 11.9 Å². The number of nitrogens with one attached hydrogen (secondary N) is 2. The molecular formula is C23H21N9O4. The predicted molar refractivity (Wildman–Crippen MR) is 123 cm³/mol. The van der Waals surface area contributed by atoms with Crippen LogP contribution in [0, 0.1) is 0 Å². The predicted octanol–water partition coefficient (Wildman–Crippen LogP) is -0.563. The maximum atomic E-state index is 12.9. The number of carbonyl (C=O) groups is 4. The number of amides is 4. The highest BCUT2D eigenvalue weighted by atomic mass is 16.2. The minimum absolute atomic E-state index is 0.0334. The normalized spacial score (nSPS) is 19.7. The molecule has 2 aromatic heterocycles. The number of piperidine rings is 1. The minimum Gasteiger partial charge on any atom is -0.351 e. The van der Waals surface area contributed by atoms with Crippen molar-refractivity contribution >= 4 is 29.4 Å². The van der Waals surface area contributed by atoms with Gasteiger partial charge in [-0.25, -0.2) is 4.68 Å². The van der Waals surface area contributed by atoms with Crippen LogP contribution in [0.5, 0.6) is 0 Å². The van der Waals surface area contributed by atoms with Crippen LogP contribution in [-0.4, -0.2) is 78.9 Å². The number of benzene rings is 1. The van der Waals surface area contributed by atoms with Crippen molar-refractivity contribution < 1.29 is 19.2 Å². The average molecular weight is 487 g/mol. The van der Waals surface area contributed by atoms with E-state index in [9.17, 15) is 19.2 Å². The van der Waals surface area contributed by atoms with Crippen molar-refractivity contribution in [3.8, 4) is 5.69 Å². The topological polar surface area (TPSA) is 155 Å². The highest BCUT2D eigenvalue weighted by Crippen LogP contribution is 2.29. The molecule has 0 radical (unpaired) electrons. The lowest BCUT2D eigenvalue weighted by atomic mass is 10.0. The molecule has 182 valence electrons. The Balaban J connectivity index is 1.11. The van der Waals surface area contributed by atoms with Gasteiger partial charge in [0.2, 0.25) is 11.8 Å². The summed E-state index contributed by atoms with van der Waals surface area (Å²) in [5, 5.41) is 21.2. The van der Waals surface area contributed by atoms with Gasteiger partial charge in [0.05, 0.1) is 17.9 Å². The molecular weight excluding hydrogens is 466 g/mol. The molecule has 0 spiro atoms. The van der Waals surface area contributed by atoms with Crippen molar-refractivity contribution in [1.82, 2.24) is 40.7 Å². The van der Waals surface area contributed by atoms with Gasteiger partial charge in [0, 0.05) is 37.8 Å². The molecule has 2 N–H and O–H groups in total. The fraction of sp³-hybridized carbons (Fsp3) is 0.304. The second kappa shape index (κ2) is 8.52. The van der Waals surface area contributed by atoms with Gasteiger partial charge >= 0.3 is 0 Å². The summed E-state index contributed by atoms with van der Waals surface area (Å²) in [7, 11) is 0. The van der Waals surface area contributed by atoms with Gasteiger partial charge in [0.1, 0.15) is 6.04 Å². The van der Waals surface area contributed by atoms with Crippen molar-refractivity contribution in [2.45, 2.75) is 31.5 Å². The summed E-state index contributed by atoms with van der Waals surface area (Å²) in [6, 6.07) is 8.15. The molecule has 3 aromatic rings. The Morgan fingerprint density at radius 3 is 2.75 bits per heavy atom. The molecule has 36 heavy (non-hydrogen) atoms. The Morgan fingerprint density at radius 2 is 1.97 bits per heavy atom. The highest BCUT2D eigenvalue weighted by molar-refractivity contribution is 6.05. The standard InChI is InChI=1S/C23H21N9O4/c33-20-6-5-18(22(35)26-20)31-9-13-8-15(3-4-16(13)23(31)36)32-12-17(27-29-32)21(34)25-14-10-30(11-14)19-2-1-7-24-28-19/h1-4,7-8,12,14,18H,5-6,9-11H2,(H,25,34)(H,26,33,35). The van der Waals surface area contributed by atoms with Crippen LogP contribution < -0.4 is 15.5 Å². The summed E-state index contributed by atoms with van der Waals surface area (Å²) < 4.78 is 1.47. The zero-order chi connectivity index (χ0) is 24.8. The number of rotatable bonds is 5. The van der Waals surface area contributed by atoms with Crippen LogP contribution in [0.25, 0.3) is 5.69 Å². The van der Waals surface area contributed by atoms with Crippen molar-refractivity contribution in [2.24, 2.45) is 0 Å². The smallest absolute Gasteiger partial charge is 0.273 e. The van der Waals surface area contributed by atoms with E-state index in [0.717, 1.165) is 11.4 Å². The minimum atomic E-state index is -0.677. The van der Waals surface area contributed by atoms with Crippen LogP contribution in [0.2, 0.25) is 0 Å². The molecule has 2 saturated heterocycles. The lowest BCUT2D eigenvalue weighted by Gasteiger charge is -2.39. The molecule has 2 fully saturated rings. The molecule has 6 rings (SSSR count). The number of fused-ring (bicyclic) bond motifs is 1. The Hall–Kier alpha value is -4.68. The molecule has 0 aliphatic carbocycles. The quantitative estimate of drug-likeness (QED) is 0.450. The van der Waals surface area contributed by atoms with Gasteiger partial charge < -0.3 is 15.1 Å². The van der Waals surface area contributed by atoms with Crippen LogP contribution in [0.4, 0.5) is 5.82 Å². The average Bonchev–Trinajstić information content (AvgIpc) is 3.47. The maximum absolute atomic E-state index is 12.9. The lowest BCUT2D eigenvalue weighted by molar-refractivity contribution is -0.136. The molecule has 3 aliphatic rings. The summed E-state index contributed by atoms with van der Waals surface area (Å²) in [6.45, 7) is 1.50. The molecule has 4 amide bonds. The molecule has 13 heteroatoms. The van der Waals surface area contributed by atoms with Crippen molar-refractivity contribution in [1.29, 1.82) is 0 Å². The summed E-state index contributed by atoms with van der Waals surface area (Å²) in [6.07, 6.45) is 3.64. The molecule has 3 aliphatic heterocycles. The number of aromatic nitrogens is 5. The fourth-order valence-electron chi connectivity index (χ4n) is 4.68. The largest absolute Gasteiger partial charge is 0.351 e. The van der Waals surface area contributed by atoms with E-state index in [0.29, 0.717) is 30.8 Å². The van der Waals surface area contributed by atoms with Gasteiger partial charge in [0.15, 0.2) is 11.5 Å². The number of hydrogen-bond acceptors (Lipinski definition) is 9. The summed E-state index contributed by atoms with van der Waals surface area (Å²) >= 11 is 0. The third kappa shape index (κ3) is 3.83. The van der Waals surface area contributed by atoms with Crippen molar-refractivity contribution in [3.63, 3.8) is 0 Å². The Kier molecular flexibility index (Phi) is 5.16. The van der Waals surface area contributed by atoms with Gasteiger partial charge in [-0.1, -0.05) is 5.21 Å². The first-order valence-electron chi connectivity index (χ1n) is 11.5. The van der Waals surface area contributed by atoms with E-state index in [-0.39, 0.29) is 42.4 Å². The van der Waals surface area contributed by atoms with E-state index in [2.05, 4.69) is 31.1 Å². The fourth-order valence-corrected chi connectivity index (χ4v) is 4.68. The van der Waals surface area contributed by atoms with E-state index >= 15 is 0 Å². The van der Waals surface area contributed by atoms with Crippen molar-refractivity contribution in [3.05, 3.63) is 59.5 Å². The number of carbonyl (C=O) groups excluding carboxylic acids is 4. The summed E-state index contributed by atoms with van der Waals surface area (Å²) in [4.78, 5) is 52.7. The van der Waals surface area contributed by atoms with Crippen LogP contribution in [0.3, 0.4) is 0 Å². The monoisotopic (exact) mass is 487 g/mol. The molecule has 1 unspecified atom stereocenters. The molecule has 1 aromatic carbocycles. The maximum Gasteiger partial charge on any atom is 0.273 e. The van der Waals surface area contributed by atoms with E-state index in [1.54, 1.807) is 24.4 Å². The first-order valence-corrected chi connectivity index (χ1v) is 11.5. The first-order chi connectivity index (χ1) is 17.5. The first kappa shape index (κ1) is 21.8. The van der Waals surface area contributed by atoms with Gasteiger partial charge in [-0.05, 0) is 42.3 Å². The highest BCUT2D eigenvalue weighted by Gasteiger charge is 2.39. The zero-order valence-corrected chi connectivity index (χ0v) is 19.0. The van der Waals surface area contributed by atoms with Crippen molar-refractivity contribution in [2.75, 3.05) is 18.0 Å². The second-order valence-electron chi connectivity index (χ2n) is 8.95. The van der Waals surface area contributed by atoms with Crippen LogP contribution in [0.15, 0.2) is 42.7 Å². The molecule has 0 bridgehead atoms. The number of anilines is 1. The van der Waals surface area contributed by atoms with Gasteiger partial charge in [0.25, 0.3) is 11.8 Å². The number of nitrogens with zero attached hydrogens (tertiary/aromatic N) is 7. The third-order valence-corrected chi connectivity index (χ3v) is 6.60. The Morgan fingerprint density at radius 1 is 1.11 bits per heavy atom. The van der Waals surface area contributed by atoms with E-state index in [1.165, 1.54) is 15.8 Å². The Bertz CT molecular complexity index is 1380. The molecule has 5 heterocycles. The summed E-state index contributed by atoms with van der Waals surface area (Å²) in [5.74, 6) is -0.592. The van der Waals surface area contributed by atoms with Gasteiger partial charge in [-0.15, -0.1) is 10.2 Å². The Labute approximate surface area is 204 Å². The summed E-state index contributed by atoms with van der Waals surface area (Å²) in [5.41, 5.74) is 2.05. The SMILES string of the molecule is O=C1CCC(N2Cc3cc(-n4cc(C(=O)NC5CN(c6cccnn6)C5)nn4)ccc3C2=O)C(=O)N1. The number of hydrogen-bond donors (Lipinski definition) is 2. The van der Waals surface area contributed by atoms with Crippen LogP contribution in [-0.2, 0) is 16.1 Å². The number of imide groups is 1. The lowest BCUT2D eigenvalue weighted by Crippen LogP contribution is -2.59. The third-order valence-electron chi connectivity index (χ3n) is 6.60. The zero-order valence-electron chi connectivity index (χ0n) is 19.0. The second-order valence-corrected chi connectivity index (χ2v) is 8.95. The van der Waals surface area contributed by atoms with Crippen LogP contribution >= 0.6 is 0 Å².